The minimum Gasteiger partial charge on any atom is -0.481 e. The Hall–Kier alpha value is -2.30. The fourth-order valence-corrected chi connectivity index (χ4v) is 1.89. The van der Waals surface area contributed by atoms with Gasteiger partial charge in [-0.1, -0.05) is 18.2 Å². The van der Waals surface area contributed by atoms with Crippen LogP contribution in [0.5, 0.6) is 0 Å². The molecule has 0 bridgehead atoms. The highest BCUT2D eigenvalue weighted by Crippen LogP contribution is 2.21. The van der Waals surface area contributed by atoms with Gasteiger partial charge >= 0.3 is 11.9 Å². The minimum atomic E-state index is -0.884. The monoisotopic (exact) mass is 247 g/mol. The standard InChI is InChI=1S/C13H13NO4/c1-9(15)18-8-14-7-10(6-13(16)17)11-4-2-3-5-12(11)14/h2-5,7H,6,8H2,1H3,(H,16,17). The van der Waals surface area contributed by atoms with Gasteiger partial charge in [0.2, 0.25) is 0 Å². The van der Waals surface area contributed by atoms with Crippen molar-refractivity contribution in [2.24, 2.45) is 0 Å². The smallest absolute Gasteiger partial charge is 0.307 e. The molecule has 0 radical (unpaired) electrons. The van der Waals surface area contributed by atoms with Crippen LogP contribution in [-0.4, -0.2) is 21.6 Å². The molecule has 94 valence electrons. The zero-order valence-electron chi connectivity index (χ0n) is 9.92. The average Bonchev–Trinajstić information content (AvgIpc) is 2.65. The van der Waals surface area contributed by atoms with Gasteiger partial charge in [0.15, 0.2) is 6.73 Å². The molecule has 0 saturated heterocycles. The number of fused-ring (bicyclic) bond motifs is 1. The summed E-state index contributed by atoms with van der Waals surface area (Å²) in [6.45, 7) is 1.43. The molecule has 0 amide bonds. The van der Waals surface area contributed by atoms with Gasteiger partial charge in [0.1, 0.15) is 0 Å². The Labute approximate surface area is 104 Å². The first-order valence-electron chi connectivity index (χ1n) is 5.50. The van der Waals surface area contributed by atoms with Crippen molar-refractivity contribution in [1.82, 2.24) is 4.57 Å². The molecule has 1 aromatic heterocycles. The van der Waals surface area contributed by atoms with Crippen LogP contribution in [0.4, 0.5) is 0 Å². The van der Waals surface area contributed by atoms with Crippen LogP contribution in [0.3, 0.4) is 0 Å². The van der Waals surface area contributed by atoms with E-state index in [4.69, 9.17) is 9.84 Å². The van der Waals surface area contributed by atoms with E-state index in [1.165, 1.54) is 6.92 Å². The van der Waals surface area contributed by atoms with Crippen molar-refractivity contribution in [2.75, 3.05) is 0 Å². The molecule has 18 heavy (non-hydrogen) atoms. The van der Waals surface area contributed by atoms with E-state index < -0.39 is 5.97 Å². The Morgan fingerprint density at radius 1 is 1.33 bits per heavy atom. The summed E-state index contributed by atoms with van der Waals surface area (Å²) in [5.41, 5.74) is 1.57. The van der Waals surface area contributed by atoms with Gasteiger partial charge in [0, 0.05) is 18.5 Å². The first kappa shape index (κ1) is 12.2. The van der Waals surface area contributed by atoms with Crippen molar-refractivity contribution in [3.63, 3.8) is 0 Å². The number of hydrogen-bond donors (Lipinski definition) is 1. The zero-order chi connectivity index (χ0) is 13.1. The van der Waals surface area contributed by atoms with Crippen molar-refractivity contribution >= 4 is 22.8 Å². The Morgan fingerprint density at radius 2 is 2.06 bits per heavy atom. The van der Waals surface area contributed by atoms with Crippen LogP contribution in [0.15, 0.2) is 30.5 Å². The van der Waals surface area contributed by atoms with E-state index in [0.29, 0.717) is 5.56 Å². The molecular formula is C13H13NO4. The summed E-state index contributed by atoms with van der Waals surface area (Å²) in [5.74, 6) is -1.25. The number of carboxylic acids is 1. The first-order valence-corrected chi connectivity index (χ1v) is 5.50. The van der Waals surface area contributed by atoms with Crippen LogP contribution in [0.2, 0.25) is 0 Å². The van der Waals surface area contributed by atoms with Gasteiger partial charge in [-0.05, 0) is 11.6 Å². The maximum absolute atomic E-state index is 10.8. The maximum Gasteiger partial charge on any atom is 0.307 e. The predicted octanol–water partition coefficient (Wildman–Crippen LogP) is 1.79. The highest BCUT2D eigenvalue weighted by atomic mass is 16.5. The quantitative estimate of drug-likeness (QED) is 0.836. The van der Waals surface area contributed by atoms with Gasteiger partial charge < -0.3 is 14.4 Å². The summed E-state index contributed by atoms with van der Waals surface area (Å²) in [6.07, 6.45) is 1.66. The van der Waals surface area contributed by atoms with Crippen LogP contribution < -0.4 is 0 Å². The molecule has 0 fully saturated rings. The molecule has 0 unspecified atom stereocenters. The zero-order valence-corrected chi connectivity index (χ0v) is 9.92. The predicted molar refractivity (Wildman–Crippen MR) is 65.0 cm³/mol. The van der Waals surface area contributed by atoms with Gasteiger partial charge in [-0.25, -0.2) is 0 Å². The number of para-hydroxylation sites is 1. The molecule has 1 heterocycles. The third-order valence-electron chi connectivity index (χ3n) is 2.62. The largest absolute Gasteiger partial charge is 0.481 e. The number of carbonyl (C=O) groups excluding carboxylic acids is 1. The fraction of sp³-hybridized carbons (Fsp3) is 0.231. The van der Waals surface area contributed by atoms with Gasteiger partial charge in [0.25, 0.3) is 0 Å². The van der Waals surface area contributed by atoms with Crippen LogP contribution in [0.1, 0.15) is 12.5 Å². The van der Waals surface area contributed by atoms with Crippen LogP contribution in [0.25, 0.3) is 10.9 Å². The number of ether oxygens (including phenoxy) is 1. The highest BCUT2D eigenvalue weighted by Gasteiger charge is 2.11. The van der Waals surface area contributed by atoms with E-state index in [9.17, 15) is 9.59 Å². The summed E-state index contributed by atoms with van der Waals surface area (Å²) < 4.78 is 6.66. The molecule has 0 aliphatic heterocycles. The molecule has 1 N–H and O–H groups in total. The number of carbonyl (C=O) groups is 2. The van der Waals surface area contributed by atoms with Gasteiger partial charge in [-0.2, -0.15) is 0 Å². The molecule has 0 saturated carbocycles. The second kappa shape index (κ2) is 4.91. The van der Waals surface area contributed by atoms with Gasteiger partial charge in [-0.3, -0.25) is 9.59 Å². The van der Waals surface area contributed by atoms with E-state index in [1.807, 2.05) is 24.3 Å². The second-order valence-electron chi connectivity index (χ2n) is 3.98. The molecule has 0 atom stereocenters. The summed E-state index contributed by atoms with van der Waals surface area (Å²) in [7, 11) is 0. The molecule has 5 nitrogen and oxygen atoms in total. The number of rotatable bonds is 4. The van der Waals surface area contributed by atoms with Crippen molar-refractivity contribution < 1.29 is 19.4 Å². The number of nitrogens with zero attached hydrogens (tertiary/aromatic N) is 1. The maximum atomic E-state index is 10.8. The van der Waals surface area contributed by atoms with Crippen LogP contribution in [-0.2, 0) is 27.5 Å². The number of esters is 1. The van der Waals surface area contributed by atoms with Crippen LogP contribution >= 0.6 is 0 Å². The molecule has 0 aliphatic carbocycles. The topological polar surface area (TPSA) is 68.5 Å². The van der Waals surface area contributed by atoms with Crippen molar-refractivity contribution in [3.05, 3.63) is 36.0 Å². The number of benzene rings is 1. The lowest BCUT2D eigenvalue weighted by molar-refractivity contribution is -0.144. The first-order chi connectivity index (χ1) is 8.58. The third-order valence-corrected chi connectivity index (χ3v) is 2.62. The van der Waals surface area contributed by atoms with E-state index in [1.54, 1.807) is 10.8 Å². The van der Waals surface area contributed by atoms with E-state index in [-0.39, 0.29) is 19.1 Å². The third kappa shape index (κ3) is 2.51. The lowest BCUT2D eigenvalue weighted by Crippen LogP contribution is -2.05. The number of aliphatic carboxylic acids is 1. The lowest BCUT2D eigenvalue weighted by Gasteiger charge is -2.04. The number of carboxylic acid groups (broad SMARTS) is 1. The fourth-order valence-electron chi connectivity index (χ4n) is 1.89. The Bertz CT molecular complexity index is 600. The molecule has 2 rings (SSSR count). The van der Waals surface area contributed by atoms with Gasteiger partial charge in [-0.15, -0.1) is 0 Å². The van der Waals surface area contributed by atoms with Crippen molar-refractivity contribution in [3.8, 4) is 0 Å². The average molecular weight is 247 g/mol. The van der Waals surface area contributed by atoms with E-state index in [2.05, 4.69) is 0 Å². The van der Waals surface area contributed by atoms with E-state index >= 15 is 0 Å². The summed E-state index contributed by atoms with van der Waals surface area (Å²) in [5, 5.41) is 9.73. The van der Waals surface area contributed by atoms with E-state index in [0.717, 1.165) is 10.9 Å². The van der Waals surface area contributed by atoms with Crippen LogP contribution in [0, 0.1) is 0 Å². The van der Waals surface area contributed by atoms with Crippen molar-refractivity contribution in [2.45, 2.75) is 20.1 Å². The molecule has 0 spiro atoms. The molecule has 2 aromatic rings. The summed E-state index contributed by atoms with van der Waals surface area (Å²) in [4.78, 5) is 21.6. The molecule has 1 aromatic carbocycles. The SMILES string of the molecule is CC(=O)OCn1cc(CC(=O)O)c2ccccc21. The Kier molecular flexibility index (Phi) is 3.32. The van der Waals surface area contributed by atoms with Gasteiger partial charge in [0.05, 0.1) is 11.9 Å². The molecule has 0 aliphatic rings. The Morgan fingerprint density at radius 3 is 2.72 bits per heavy atom. The summed E-state index contributed by atoms with van der Waals surface area (Å²) in [6, 6.07) is 7.43. The number of hydrogen-bond acceptors (Lipinski definition) is 3. The minimum absolute atomic E-state index is 0.0480. The summed E-state index contributed by atoms with van der Waals surface area (Å²) >= 11 is 0. The second-order valence-corrected chi connectivity index (χ2v) is 3.98. The lowest BCUT2D eigenvalue weighted by atomic mass is 10.1. The molecular weight excluding hydrogens is 234 g/mol. The highest BCUT2D eigenvalue weighted by molar-refractivity contribution is 5.87. The normalized spacial score (nSPS) is 10.5. The Balaban J connectivity index is 2.40. The number of aromatic nitrogens is 1. The molecule has 5 heteroatoms. The van der Waals surface area contributed by atoms with Crippen molar-refractivity contribution in [1.29, 1.82) is 0 Å².